The third-order valence-electron chi connectivity index (χ3n) is 2.68. The molecule has 2 N–H and O–H groups in total. The van der Waals surface area contributed by atoms with Crippen LogP contribution in [0.5, 0.6) is 0 Å². The molecule has 2 rings (SSSR count). The predicted molar refractivity (Wildman–Crippen MR) is 73.2 cm³/mol. The van der Waals surface area contributed by atoms with Crippen LogP contribution in [0.15, 0.2) is 47.4 Å². The first-order chi connectivity index (χ1) is 9.15. The lowest BCUT2D eigenvalue weighted by atomic mass is 10.1. The van der Waals surface area contributed by atoms with E-state index in [1.165, 1.54) is 0 Å². The van der Waals surface area contributed by atoms with Gasteiger partial charge in [0.2, 0.25) is 16.4 Å². The van der Waals surface area contributed by atoms with E-state index < -0.39 is 10.0 Å². The Bertz CT molecular complexity index is 678. The van der Waals surface area contributed by atoms with Crippen molar-refractivity contribution in [2.45, 2.75) is 4.90 Å². The Hall–Kier alpha value is -1.92. The zero-order chi connectivity index (χ0) is 13.7. The van der Waals surface area contributed by atoms with Crippen LogP contribution in [0.2, 0.25) is 0 Å². The number of amides is 1. The molecule has 0 aliphatic heterocycles. The molecule has 19 heavy (non-hydrogen) atoms. The van der Waals surface area contributed by atoms with Crippen molar-refractivity contribution >= 4 is 27.2 Å². The highest BCUT2D eigenvalue weighted by atomic mass is 32.2. The third-order valence-corrected chi connectivity index (χ3v) is 4.20. The second kappa shape index (κ2) is 5.81. The fourth-order valence-electron chi connectivity index (χ4n) is 1.82. The van der Waals surface area contributed by atoms with Crippen LogP contribution >= 0.6 is 0 Å². The molecular formula is C13H14N2O3S. The van der Waals surface area contributed by atoms with Crippen molar-refractivity contribution in [1.82, 2.24) is 10.0 Å². The molecule has 0 aromatic heterocycles. The highest BCUT2D eigenvalue weighted by Gasteiger charge is 2.15. The Morgan fingerprint density at radius 1 is 1.00 bits per heavy atom. The molecule has 0 aliphatic rings. The van der Waals surface area contributed by atoms with Crippen LogP contribution in [0.1, 0.15) is 0 Å². The zero-order valence-electron chi connectivity index (χ0n) is 10.2. The predicted octanol–water partition coefficient (Wildman–Crippen LogP) is 0.864. The number of nitrogens with one attached hydrogen (secondary N) is 2. The largest absolute Gasteiger partial charge is 0.357 e. The molecule has 1 amide bonds. The summed E-state index contributed by atoms with van der Waals surface area (Å²) in [6.07, 6.45) is 0.534. The summed E-state index contributed by atoms with van der Waals surface area (Å²) in [5.74, 6) is 0. The van der Waals surface area contributed by atoms with Crippen LogP contribution in [-0.4, -0.2) is 27.9 Å². The number of fused-ring (bicyclic) bond motifs is 1. The lowest BCUT2D eigenvalue weighted by Gasteiger charge is -2.09. The normalized spacial score (nSPS) is 11.4. The van der Waals surface area contributed by atoms with Gasteiger partial charge in [0.1, 0.15) is 0 Å². The van der Waals surface area contributed by atoms with Gasteiger partial charge in [-0.15, -0.1) is 0 Å². The highest BCUT2D eigenvalue weighted by Crippen LogP contribution is 2.22. The minimum Gasteiger partial charge on any atom is -0.357 e. The average molecular weight is 278 g/mol. The van der Waals surface area contributed by atoms with Crippen molar-refractivity contribution in [2.75, 3.05) is 13.1 Å². The van der Waals surface area contributed by atoms with Gasteiger partial charge in [0.15, 0.2) is 0 Å². The molecule has 5 nitrogen and oxygen atoms in total. The van der Waals surface area contributed by atoms with Crippen LogP contribution in [0, 0.1) is 0 Å². The summed E-state index contributed by atoms with van der Waals surface area (Å²) in [5.41, 5.74) is 0. The molecule has 0 spiro atoms. The van der Waals surface area contributed by atoms with E-state index in [1.54, 1.807) is 24.3 Å². The van der Waals surface area contributed by atoms with Crippen LogP contribution in [-0.2, 0) is 14.8 Å². The standard InChI is InChI=1S/C13H14N2O3S/c16-10-14-8-9-15-19(17,18)13-7-3-5-11-4-1-2-6-12(11)13/h1-7,10,15H,8-9H2,(H,14,16). The summed E-state index contributed by atoms with van der Waals surface area (Å²) < 4.78 is 26.8. The molecule has 0 aliphatic carbocycles. The summed E-state index contributed by atoms with van der Waals surface area (Å²) in [7, 11) is -3.57. The van der Waals surface area contributed by atoms with E-state index in [2.05, 4.69) is 10.0 Å². The van der Waals surface area contributed by atoms with Gasteiger partial charge in [-0.25, -0.2) is 13.1 Å². The molecule has 100 valence electrons. The molecule has 0 saturated carbocycles. The quantitative estimate of drug-likeness (QED) is 0.608. The fourth-order valence-corrected chi connectivity index (χ4v) is 3.08. The van der Waals surface area contributed by atoms with E-state index in [9.17, 15) is 13.2 Å². The Morgan fingerprint density at radius 2 is 1.74 bits per heavy atom. The van der Waals surface area contributed by atoms with E-state index in [-0.39, 0.29) is 18.0 Å². The fraction of sp³-hybridized carbons (Fsp3) is 0.154. The summed E-state index contributed by atoms with van der Waals surface area (Å²) in [6.45, 7) is 0.414. The molecule has 0 bridgehead atoms. The SMILES string of the molecule is O=CNCCNS(=O)(=O)c1cccc2ccccc12. The van der Waals surface area contributed by atoms with Gasteiger partial charge in [-0.3, -0.25) is 4.79 Å². The van der Waals surface area contributed by atoms with Crippen LogP contribution in [0.3, 0.4) is 0 Å². The van der Waals surface area contributed by atoms with Crippen molar-refractivity contribution in [3.8, 4) is 0 Å². The maximum absolute atomic E-state index is 12.2. The van der Waals surface area contributed by atoms with Crippen molar-refractivity contribution < 1.29 is 13.2 Å². The number of carbonyl (C=O) groups excluding carboxylic acids is 1. The number of benzene rings is 2. The van der Waals surface area contributed by atoms with Gasteiger partial charge in [-0.1, -0.05) is 36.4 Å². The Balaban J connectivity index is 2.30. The van der Waals surface area contributed by atoms with Gasteiger partial charge in [0, 0.05) is 18.5 Å². The van der Waals surface area contributed by atoms with Crippen molar-refractivity contribution in [3.63, 3.8) is 0 Å². The smallest absolute Gasteiger partial charge is 0.241 e. The van der Waals surface area contributed by atoms with Gasteiger partial charge < -0.3 is 5.32 Å². The molecule has 2 aromatic carbocycles. The minimum atomic E-state index is -3.57. The van der Waals surface area contributed by atoms with Gasteiger partial charge in [-0.05, 0) is 11.5 Å². The lowest BCUT2D eigenvalue weighted by molar-refractivity contribution is -0.109. The summed E-state index contributed by atoms with van der Waals surface area (Å²) in [5, 5.41) is 3.95. The Morgan fingerprint density at radius 3 is 2.53 bits per heavy atom. The average Bonchev–Trinajstić information content (AvgIpc) is 2.43. The van der Waals surface area contributed by atoms with E-state index in [4.69, 9.17) is 0 Å². The zero-order valence-corrected chi connectivity index (χ0v) is 11.0. The van der Waals surface area contributed by atoms with Crippen molar-refractivity contribution in [2.24, 2.45) is 0 Å². The number of hydrogen-bond donors (Lipinski definition) is 2. The second-order valence-electron chi connectivity index (χ2n) is 3.95. The molecule has 2 aromatic rings. The number of sulfonamides is 1. The molecule has 0 atom stereocenters. The Kier molecular flexibility index (Phi) is 4.13. The van der Waals surface area contributed by atoms with Gasteiger partial charge in [0.25, 0.3) is 0 Å². The maximum atomic E-state index is 12.2. The van der Waals surface area contributed by atoms with E-state index in [1.807, 2.05) is 18.2 Å². The molecule has 0 unspecified atom stereocenters. The van der Waals surface area contributed by atoms with Gasteiger partial charge in [-0.2, -0.15) is 0 Å². The molecule has 0 saturated heterocycles. The topological polar surface area (TPSA) is 75.3 Å². The first kappa shape index (κ1) is 13.5. The van der Waals surface area contributed by atoms with Crippen LogP contribution in [0.25, 0.3) is 10.8 Å². The summed E-state index contributed by atoms with van der Waals surface area (Å²) >= 11 is 0. The van der Waals surface area contributed by atoms with E-state index in [0.717, 1.165) is 5.39 Å². The number of hydrogen-bond acceptors (Lipinski definition) is 3. The minimum absolute atomic E-state index is 0.157. The summed E-state index contributed by atoms with van der Waals surface area (Å²) in [4.78, 5) is 10.3. The lowest BCUT2D eigenvalue weighted by Crippen LogP contribution is -2.31. The first-order valence-corrected chi connectivity index (χ1v) is 7.28. The number of carbonyl (C=O) groups is 1. The van der Waals surface area contributed by atoms with Crippen LogP contribution in [0.4, 0.5) is 0 Å². The molecule has 0 heterocycles. The third kappa shape index (κ3) is 3.10. The summed E-state index contributed by atoms with van der Waals surface area (Å²) in [6, 6.07) is 12.4. The van der Waals surface area contributed by atoms with Gasteiger partial charge >= 0.3 is 0 Å². The highest BCUT2D eigenvalue weighted by molar-refractivity contribution is 7.89. The molecule has 0 fully saturated rings. The molecular weight excluding hydrogens is 264 g/mol. The van der Waals surface area contributed by atoms with E-state index in [0.29, 0.717) is 11.8 Å². The second-order valence-corrected chi connectivity index (χ2v) is 5.68. The monoisotopic (exact) mass is 278 g/mol. The van der Waals surface area contributed by atoms with Gasteiger partial charge in [0.05, 0.1) is 4.90 Å². The molecule has 0 radical (unpaired) electrons. The molecule has 6 heteroatoms. The van der Waals surface area contributed by atoms with Crippen LogP contribution < -0.4 is 10.0 Å². The van der Waals surface area contributed by atoms with Crippen molar-refractivity contribution in [1.29, 1.82) is 0 Å². The van der Waals surface area contributed by atoms with E-state index >= 15 is 0 Å². The first-order valence-electron chi connectivity index (χ1n) is 5.79. The maximum Gasteiger partial charge on any atom is 0.241 e. The van der Waals surface area contributed by atoms with Crippen molar-refractivity contribution in [3.05, 3.63) is 42.5 Å². The number of rotatable bonds is 6. The Labute approximate surface area is 111 Å².